The van der Waals surface area contributed by atoms with Crippen molar-refractivity contribution in [2.75, 3.05) is 19.5 Å². The molecule has 6 heteroatoms. The van der Waals surface area contributed by atoms with Crippen molar-refractivity contribution in [3.8, 4) is 11.5 Å². The van der Waals surface area contributed by atoms with Crippen molar-refractivity contribution in [1.29, 1.82) is 0 Å². The van der Waals surface area contributed by atoms with Gasteiger partial charge in [-0.05, 0) is 42.0 Å². The molecule has 1 N–H and O–H groups in total. The first kappa shape index (κ1) is 18.3. The average Bonchev–Trinajstić information content (AvgIpc) is 2.70. The summed E-state index contributed by atoms with van der Waals surface area (Å²) in [4.78, 5) is 25.3. The molecule has 2 aromatic carbocycles. The lowest BCUT2D eigenvalue weighted by Crippen LogP contribution is -2.29. The van der Waals surface area contributed by atoms with Crippen molar-refractivity contribution >= 4 is 11.6 Å². The summed E-state index contributed by atoms with van der Waals surface area (Å²) in [5.74, 6) is 0.796. The molecule has 6 nitrogen and oxygen atoms in total. The van der Waals surface area contributed by atoms with Crippen LogP contribution in [0.4, 0.5) is 5.69 Å². The first-order valence-corrected chi connectivity index (χ1v) is 8.39. The third-order valence-electron chi connectivity index (χ3n) is 4.13. The van der Waals surface area contributed by atoms with Gasteiger partial charge in [0, 0.05) is 6.20 Å². The number of rotatable bonds is 6. The van der Waals surface area contributed by atoms with Gasteiger partial charge in [-0.2, -0.15) is 0 Å². The lowest BCUT2D eigenvalue weighted by Gasteiger charge is -2.11. The monoisotopic (exact) mass is 364 g/mol. The molecule has 1 heterocycles. The predicted molar refractivity (Wildman–Crippen MR) is 104 cm³/mol. The Bertz CT molecular complexity index is 994. The van der Waals surface area contributed by atoms with Crippen LogP contribution in [0.15, 0.2) is 71.7 Å². The number of carbonyl (C=O) groups excluding carboxylic acids is 1. The highest BCUT2D eigenvalue weighted by Gasteiger charge is 2.14. The summed E-state index contributed by atoms with van der Waals surface area (Å²) in [7, 11) is 3.12. The molecule has 0 aliphatic heterocycles. The van der Waals surface area contributed by atoms with Gasteiger partial charge < -0.3 is 19.4 Å². The molecule has 3 aromatic rings. The lowest BCUT2D eigenvalue weighted by atomic mass is 10.2. The number of pyridine rings is 1. The van der Waals surface area contributed by atoms with Crippen LogP contribution in [0.2, 0.25) is 0 Å². The zero-order chi connectivity index (χ0) is 19.2. The van der Waals surface area contributed by atoms with Crippen molar-refractivity contribution < 1.29 is 14.3 Å². The van der Waals surface area contributed by atoms with E-state index in [1.807, 2.05) is 24.3 Å². The van der Waals surface area contributed by atoms with E-state index in [-0.39, 0.29) is 11.1 Å². The molecular formula is C21H20N2O4. The molecule has 138 valence electrons. The van der Waals surface area contributed by atoms with Crippen molar-refractivity contribution in [1.82, 2.24) is 4.57 Å². The fraction of sp³-hybridized carbons (Fsp3) is 0.143. The minimum absolute atomic E-state index is 0.0666. The van der Waals surface area contributed by atoms with Crippen LogP contribution in [0.5, 0.6) is 11.5 Å². The van der Waals surface area contributed by atoms with Crippen molar-refractivity contribution in [2.45, 2.75) is 6.54 Å². The van der Waals surface area contributed by atoms with E-state index in [1.165, 1.54) is 17.7 Å². The van der Waals surface area contributed by atoms with E-state index in [0.717, 1.165) is 11.3 Å². The lowest BCUT2D eigenvalue weighted by molar-refractivity contribution is 0.102. The van der Waals surface area contributed by atoms with Gasteiger partial charge in [0.05, 0.1) is 26.5 Å². The van der Waals surface area contributed by atoms with Crippen LogP contribution in [0.1, 0.15) is 15.9 Å². The number of amides is 1. The molecule has 1 amide bonds. The van der Waals surface area contributed by atoms with Crippen LogP contribution in [0.3, 0.4) is 0 Å². The predicted octanol–water partition coefficient (Wildman–Crippen LogP) is 3.17. The van der Waals surface area contributed by atoms with E-state index < -0.39 is 5.91 Å². The Morgan fingerprint density at radius 3 is 2.41 bits per heavy atom. The maximum Gasteiger partial charge on any atom is 0.263 e. The molecule has 0 saturated heterocycles. The number of aromatic nitrogens is 1. The molecule has 27 heavy (non-hydrogen) atoms. The van der Waals surface area contributed by atoms with E-state index >= 15 is 0 Å². The van der Waals surface area contributed by atoms with Crippen LogP contribution in [0, 0.1) is 0 Å². The Kier molecular flexibility index (Phi) is 5.56. The number of benzene rings is 2. The van der Waals surface area contributed by atoms with Crippen LogP contribution in [0.25, 0.3) is 0 Å². The number of ether oxygens (including phenoxy) is 2. The summed E-state index contributed by atoms with van der Waals surface area (Å²) >= 11 is 0. The van der Waals surface area contributed by atoms with E-state index in [1.54, 1.807) is 43.6 Å². The highest BCUT2D eigenvalue weighted by atomic mass is 16.5. The van der Waals surface area contributed by atoms with Gasteiger partial charge in [0.25, 0.3) is 11.5 Å². The summed E-state index contributed by atoms with van der Waals surface area (Å²) < 4.78 is 11.9. The number of nitrogens with zero attached hydrogens (tertiary/aromatic N) is 1. The second-order valence-electron chi connectivity index (χ2n) is 5.86. The Morgan fingerprint density at radius 1 is 0.963 bits per heavy atom. The fourth-order valence-electron chi connectivity index (χ4n) is 2.70. The molecule has 1 aromatic heterocycles. The van der Waals surface area contributed by atoms with E-state index in [9.17, 15) is 9.59 Å². The minimum Gasteiger partial charge on any atom is -0.497 e. The van der Waals surface area contributed by atoms with Crippen molar-refractivity contribution in [3.63, 3.8) is 0 Å². The van der Waals surface area contributed by atoms with Gasteiger partial charge in [-0.25, -0.2) is 0 Å². The van der Waals surface area contributed by atoms with Crippen molar-refractivity contribution in [3.05, 3.63) is 88.3 Å². The van der Waals surface area contributed by atoms with Crippen LogP contribution in [-0.4, -0.2) is 24.7 Å². The van der Waals surface area contributed by atoms with Gasteiger partial charge >= 0.3 is 0 Å². The molecule has 0 saturated carbocycles. The van der Waals surface area contributed by atoms with Crippen LogP contribution < -0.4 is 20.3 Å². The number of methoxy groups -OCH3 is 2. The molecule has 0 bridgehead atoms. The van der Waals surface area contributed by atoms with Crippen LogP contribution >= 0.6 is 0 Å². The zero-order valence-electron chi connectivity index (χ0n) is 15.1. The maximum absolute atomic E-state index is 12.7. The largest absolute Gasteiger partial charge is 0.497 e. The number of carbonyl (C=O) groups is 1. The van der Waals surface area contributed by atoms with E-state index in [0.29, 0.717) is 18.0 Å². The highest BCUT2D eigenvalue weighted by Crippen LogP contribution is 2.23. The molecule has 0 spiro atoms. The number of hydrogen-bond donors (Lipinski definition) is 1. The summed E-state index contributed by atoms with van der Waals surface area (Å²) in [6.45, 7) is 0.360. The topological polar surface area (TPSA) is 69.6 Å². The molecule has 0 fully saturated rings. The third kappa shape index (κ3) is 4.17. The molecule has 3 rings (SSSR count). The molecule has 0 unspecified atom stereocenters. The van der Waals surface area contributed by atoms with Gasteiger partial charge in [0.1, 0.15) is 17.1 Å². The number of anilines is 1. The number of para-hydroxylation sites is 2. The summed E-state index contributed by atoms with van der Waals surface area (Å²) in [6, 6.07) is 17.7. The van der Waals surface area contributed by atoms with Crippen molar-refractivity contribution in [2.24, 2.45) is 0 Å². The quantitative estimate of drug-likeness (QED) is 0.729. The van der Waals surface area contributed by atoms with E-state index in [2.05, 4.69) is 5.32 Å². The maximum atomic E-state index is 12.7. The first-order chi connectivity index (χ1) is 13.1. The zero-order valence-corrected chi connectivity index (χ0v) is 15.1. The average molecular weight is 364 g/mol. The molecular weight excluding hydrogens is 344 g/mol. The second kappa shape index (κ2) is 8.23. The van der Waals surface area contributed by atoms with Gasteiger partial charge in [-0.1, -0.05) is 24.3 Å². The highest BCUT2D eigenvalue weighted by molar-refractivity contribution is 6.04. The summed E-state index contributed by atoms with van der Waals surface area (Å²) in [6.07, 6.45) is 1.66. The molecule has 0 atom stereocenters. The van der Waals surface area contributed by atoms with Gasteiger partial charge in [-0.15, -0.1) is 0 Å². The molecule has 0 radical (unpaired) electrons. The van der Waals surface area contributed by atoms with Gasteiger partial charge in [-0.3, -0.25) is 9.59 Å². The smallest absolute Gasteiger partial charge is 0.263 e. The Hall–Kier alpha value is -3.54. The Balaban J connectivity index is 1.83. The first-order valence-electron chi connectivity index (χ1n) is 8.39. The summed E-state index contributed by atoms with van der Waals surface area (Å²) in [5.41, 5.74) is 1.15. The molecule has 0 aliphatic carbocycles. The minimum atomic E-state index is -0.478. The third-order valence-corrected chi connectivity index (χ3v) is 4.13. The second-order valence-corrected chi connectivity index (χ2v) is 5.86. The number of nitrogens with one attached hydrogen (secondary N) is 1. The van der Waals surface area contributed by atoms with Gasteiger partial charge in [0.2, 0.25) is 0 Å². The standard InChI is InChI=1S/C21H20N2O4/c1-26-16-11-9-15(10-12-16)14-23-13-5-6-17(21(23)25)20(24)22-18-7-3-4-8-19(18)27-2/h3-13H,14H2,1-2H3,(H,22,24). The summed E-state index contributed by atoms with van der Waals surface area (Å²) in [5, 5.41) is 2.73. The number of hydrogen-bond acceptors (Lipinski definition) is 4. The Morgan fingerprint density at radius 2 is 1.70 bits per heavy atom. The normalized spacial score (nSPS) is 10.3. The van der Waals surface area contributed by atoms with Gasteiger partial charge in [0.15, 0.2) is 0 Å². The Labute approximate surface area is 157 Å². The molecule has 0 aliphatic rings. The van der Waals surface area contributed by atoms with Crippen LogP contribution in [-0.2, 0) is 6.54 Å². The fourth-order valence-corrected chi connectivity index (χ4v) is 2.70. The van der Waals surface area contributed by atoms with E-state index in [4.69, 9.17) is 9.47 Å². The SMILES string of the molecule is COc1ccc(Cn2cccc(C(=O)Nc3ccccc3OC)c2=O)cc1.